The fourth-order valence-corrected chi connectivity index (χ4v) is 4.04. The smallest absolute Gasteiger partial charge is 0.226 e. The molecule has 1 aliphatic heterocycles. The van der Waals surface area contributed by atoms with Crippen molar-refractivity contribution in [1.29, 1.82) is 0 Å². The Hall–Kier alpha value is -1.92. The monoisotopic (exact) mass is 418 g/mol. The number of nitrogens with zero attached hydrogens (tertiary/aromatic N) is 4. The number of halogens is 1. The Morgan fingerprint density at radius 2 is 2.10 bits per heavy atom. The van der Waals surface area contributed by atoms with Gasteiger partial charge in [-0.05, 0) is 43.0 Å². The third kappa shape index (κ3) is 6.54. The maximum absolute atomic E-state index is 12.3. The van der Waals surface area contributed by atoms with Gasteiger partial charge < -0.3 is 9.42 Å². The highest BCUT2D eigenvalue weighted by Crippen LogP contribution is 2.20. The maximum atomic E-state index is 12.3. The molecule has 7 heteroatoms. The molecule has 1 saturated heterocycles. The molecule has 3 rings (SSSR count). The van der Waals surface area contributed by atoms with Gasteiger partial charge in [0.25, 0.3) is 0 Å². The van der Waals surface area contributed by atoms with E-state index in [0.717, 1.165) is 43.9 Å². The van der Waals surface area contributed by atoms with Crippen LogP contribution < -0.4 is 0 Å². The standard InChI is InChI=1S/C22H31ClN4O2/c1-16(2)13-22-24-21(25-29-22)10-12-27(17(3)28)20-5-4-11-26(15-20)14-18-6-8-19(23)9-7-18/h6-9,16,20H,4-5,10-15H2,1-3H3. The van der Waals surface area contributed by atoms with Crippen molar-refractivity contribution >= 4 is 17.5 Å². The van der Waals surface area contributed by atoms with Gasteiger partial charge >= 0.3 is 0 Å². The van der Waals surface area contributed by atoms with Crippen molar-refractivity contribution in [2.24, 2.45) is 5.92 Å². The van der Waals surface area contributed by atoms with E-state index in [2.05, 4.69) is 41.0 Å². The van der Waals surface area contributed by atoms with Gasteiger partial charge in [0, 0.05) is 50.5 Å². The molecule has 0 bridgehead atoms. The third-order valence-electron chi connectivity index (χ3n) is 5.31. The molecule has 0 radical (unpaired) electrons. The Kier molecular flexibility index (Phi) is 7.67. The number of hydrogen-bond acceptors (Lipinski definition) is 5. The largest absolute Gasteiger partial charge is 0.339 e. The average molecular weight is 419 g/mol. The molecule has 29 heavy (non-hydrogen) atoms. The van der Waals surface area contributed by atoms with Crippen molar-refractivity contribution in [3.8, 4) is 0 Å². The van der Waals surface area contributed by atoms with Gasteiger partial charge in [0.2, 0.25) is 11.8 Å². The number of benzene rings is 1. The molecule has 2 heterocycles. The lowest BCUT2D eigenvalue weighted by atomic mass is 10.0. The van der Waals surface area contributed by atoms with Crippen LogP contribution in [0.1, 0.15) is 50.9 Å². The second-order valence-corrected chi connectivity index (χ2v) is 8.76. The number of amides is 1. The molecule has 1 aliphatic rings. The molecule has 1 atom stereocenters. The quantitative estimate of drug-likeness (QED) is 0.648. The first-order chi connectivity index (χ1) is 13.9. The molecule has 158 valence electrons. The van der Waals surface area contributed by atoms with E-state index in [9.17, 15) is 4.79 Å². The Balaban J connectivity index is 1.57. The first kappa shape index (κ1) is 21.8. The maximum Gasteiger partial charge on any atom is 0.226 e. The van der Waals surface area contributed by atoms with Crippen molar-refractivity contribution < 1.29 is 9.32 Å². The van der Waals surface area contributed by atoms with E-state index in [1.54, 1.807) is 6.92 Å². The molecule has 6 nitrogen and oxygen atoms in total. The number of aromatic nitrogens is 2. The van der Waals surface area contributed by atoms with Crippen molar-refractivity contribution in [3.63, 3.8) is 0 Å². The van der Waals surface area contributed by atoms with Crippen LogP contribution in [0.15, 0.2) is 28.8 Å². The van der Waals surface area contributed by atoms with Gasteiger partial charge in [-0.3, -0.25) is 9.69 Å². The van der Waals surface area contributed by atoms with Crippen molar-refractivity contribution in [2.45, 2.75) is 59.0 Å². The summed E-state index contributed by atoms with van der Waals surface area (Å²) in [6, 6.07) is 8.21. The highest BCUT2D eigenvalue weighted by molar-refractivity contribution is 6.30. The molecular formula is C22H31ClN4O2. The fourth-order valence-electron chi connectivity index (χ4n) is 3.92. The van der Waals surface area contributed by atoms with E-state index in [4.69, 9.17) is 16.1 Å². The molecule has 0 spiro atoms. The normalized spacial score (nSPS) is 17.6. The molecule has 0 N–H and O–H groups in total. The topological polar surface area (TPSA) is 62.5 Å². The summed E-state index contributed by atoms with van der Waals surface area (Å²) in [6.07, 6.45) is 3.52. The van der Waals surface area contributed by atoms with Crippen LogP contribution in [0.2, 0.25) is 5.02 Å². The zero-order valence-electron chi connectivity index (χ0n) is 17.6. The number of likely N-dealkylation sites (tertiary alicyclic amines) is 1. The van der Waals surface area contributed by atoms with Crippen molar-refractivity contribution in [3.05, 3.63) is 46.6 Å². The summed E-state index contributed by atoms with van der Waals surface area (Å²) in [5.41, 5.74) is 1.24. The molecule has 0 saturated carbocycles. The minimum Gasteiger partial charge on any atom is -0.339 e. The molecule has 1 aromatic carbocycles. The van der Waals surface area contributed by atoms with Gasteiger partial charge in [0.15, 0.2) is 5.82 Å². The van der Waals surface area contributed by atoms with E-state index in [0.29, 0.717) is 30.6 Å². The van der Waals surface area contributed by atoms with E-state index in [-0.39, 0.29) is 11.9 Å². The number of piperidine rings is 1. The highest BCUT2D eigenvalue weighted by Gasteiger charge is 2.27. The number of hydrogen-bond donors (Lipinski definition) is 0. The van der Waals surface area contributed by atoms with Gasteiger partial charge in [0.05, 0.1) is 0 Å². The van der Waals surface area contributed by atoms with E-state index >= 15 is 0 Å². The van der Waals surface area contributed by atoms with Gasteiger partial charge in [-0.25, -0.2) is 0 Å². The van der Waals surface area contributed by atoms with Crippen LogP contribution in [0.25, 0.3) is 0 Å². The first-order valence-corrected chi connectivity index (χ1v) is 10.8. The van der Waals surface area contributed by atoms with E-state index in [1.165, 1.54) is 5.56 Å². The first-order valence-electron chi connectivity index (χ1n) is 10.5. The number of rotatable bonds is 8. The predicted octanol–water partition coefficient (Wildman–Crippen LogP) is 3.98. The molecule has 2 aromatic rings. The van der Waals surface area contributed by atoms with E-state index < -0.39 is 0 Å². The summed E-state index contributed by atoms with van der Waals surface area (Å²) in [6.45, 7) is 9.33. The Bertz CT molecular complexity index is 790. The van der Waals surface area contributed by atoms with Crippen LogP contribution in [0.5, 0.6) is 0 Å². The summed E-state index contributed by atoms with van der Waals surface area (Å²) in [7, 11) is 0. The lowest BCUT2D eigenvalue weighted by molar-refractivity contribution is -0.132. The molecule has 1 unspecified atom stereocenters. The van der Waals surface area contributed by atoms with Gasteiger partial charge in [-0.15, -0.1) is 0 Å². The Morgan fingerprint density at radius 1 is 1.34 bits per heavy atom. The Morgan fingerprint density at radius 3 is 2.79 bits per heavy atom. The van der Waals surface area contributed by atoms with Crippen LogP contribution in [-0.2, 0) is 24.2 Å². The second-order valence-electron chi connectivity index (χ2n) is 8.32. The predicted molar refractivity (Wildman–Crippen MR) is 114 cm³/mol. The van der Waals surface area contributed by atoms with Gasteiger partial charge in [-0.2, -0.15) is 4.98 Å². The number of carbonyl (C=O) groups excluding carboxylic acids is 1. The summed E-state index contributed by atoms with van der Waals surface area (Å²) < 4.78 is 5.32. The molecule has 1 aromatic heterocycles. The van der Waals surface area contributed by atoms with Crippen LogP contribution in [0, 0.1) is 5.92 Å². The average Bonchev–Trinajstić information content (AvgIpc) is 3.10. The summed E-state index contributed by atoms with van der Waals surface area (Å²) in [5, 5.41) is 4.83. The minimum absolute atomic E-state index is 0.106. The van der Waals surface area contributed by atoms with Crippen LogP contribution in [-0.4, -0.2) is 51.5 Å². The van der Waals surface area contributed by atoms with E-state index in [1.807, 2.05) is 17.0 Å². The number of carbonyl (C=O) groups is 1. The van der Waals surface area contributed by atoms with Crippen molar-refractivity contribution in [2.75, 3.05) is 19.6 Å². The molecule has 1 amide bonds. The van der Waals surface area contributed by atoms with Crippen LogP contribution >= 0.6 is 11.6 Å². The molecule has 1 fully saturated rings. The molecular weight excluding hydrogens is 388 g/mol. The lowest BCUT2D eigenvalue weighted by Gasteiger charge is -2.39. The summed E-state index contributed by atoms with van der Waals surface area (Å²) in [4.78, 5) is 21.2. The summed E-state index contributed by atoms with van der Waals surface area (Å²) >= 11 is 5.99. The second kappa shape index (κ2) is 10.2. The third-order valence-corrected chi connectivity index (χ3v) is 5.57. The fraction of sp³-hybridized carbons (Fsp3) is 0.591. The van der Waals surface area contributed by atoms with Gasteiger partial charge in [0.1, 0.15) is 0 Å². The Labute approximate surface area is 178 Å². The SMILES string of the molecule is CC(=O)N(CCc1noc(CC(C)C)n1)C1CCCN(Cc2ccc(Cl)cc2)C1. The van der Waals surface area contributed by atoms with Crippen LogP contribution in [0.3, 0.4) is 0 Å². The molecule has 0 aliphatic carbocycles. The lowest BCUT2D eigenvalue weighted by Crippen LogP contribution is -2.50. The van der Waals surface area contributed by atoms with Crippen LogP contribution in [0.4, 0.5) is 0 Å². The van der Waals surface area contributed by atoms with Crippen molar-refractivity contribution in [1.82, 2.24) is 19.9 Å². The zero-order valence-corrected chi connectivity index (χ0v) is 18.4. The van der Waals surface area contributed by atoms with Gasteiger partial charge in [-0.1, -0.05) is 42.7 Å². The highest BCUT2D eigenvalue weighted by atomic mass is 35.5. The zero-order chi connectivity index (χ0) is 20.8. The minimum atomic E-state index is 0.106. The summed E-state index contributed by atoms with van der Waals surface area (Å²) in [5.74, 6) is 1.94.